The Kier molecular flexibility index (Phi) is 3.18. The second kappa shape index (κ2) is 5.20. The summed E-state index contributed by atoms with van der Waals surface area (Å²) in [5, 5.41) is 5.23. The molecule has 0 spiro atoms. The van der Waals surface area contributed by atoms with Crippen molar-refractivity contribution in [3.05, 3.63) is 12.5 Å². The molecule has 1 atom stereocenters. The zero-order valence-electron chi connectivity index (χ0n) is 12.5. The summed E-state index contributed by atoms with van der Waals surface area (Å²) in [6, 6.07) is -0.0639. The quantitative estimate of drug-likeness (QED) is 0.711. The molecule has 2 aliphatic heterocycles. The van der Waals surface area contributed by atoms with E-state index in [9.17, 15) is 4.79 Å². The van der Waals surface area contributed by atoms with Crippen LogP contribution in [0, 0.1) is 0 Å². The Morgan fingerprint density at radius 3 is 2.77 bits per heavy atom. The minimum atomic E-state index is -0.0786. The predicted octanol–water partition coefficient (Wildman–Crippen LogP) is -0.199. The van der Waals surface area contributed by atoms with Crippen LogP contribution >= 0.6 is 0 Å². The van der Waals surface area contributed by atoms with Crippen LogP contribution in [0.25, 0.3) is 11.0 Å². The number of nitrogens with zero attached hydrogens (tertiary/aromatic N) is 6. The maximum absolute atomic E-state index is 11.7. The number of carbonyl (C=O) groups excluding carboxylic acids is 1. The molecule has 116 valence electrons. The third-order valence-corrected chi connectivity index (χ3v) is 4.47. The first-order valence-electron chi connectivity index (χ1n) is 7.52. The van der Waals surface area contributed by atoms with Gasteiger partial charge in [0.25, 0.3) is 0 Å². The third kappa shape index (κ3) is 2.10. The highest BCUT2D eigenvalue weighted by atomic mass is 16.5. The van der Waals surface area contributed by atoms with Crippen LogP contribution in [-0.2, 0) is 16.6 Å². The molecule has 22 heavy (non-hydrogen) atoms. The van der Waals surface area contributed by atoms with Crippen LogP contribution in [-0.4, -0.2) is 69.4 Å². The van der Waals surface area contributed by atoms with E-state index in [0.717, 1.165) is 49.5 Å². The van der Waals surface area contributed by atoms with Crippen molar-refractivity contribution < 1.29 is 9.53 Å². The van der Waals surface area contributed by atoms with Crippen LogP contribution in [0.15, 0.2) is 12.5 Å². The second-order valence-corrected chi connectivity index (χ2v) is 5.70. The SMILES string of the molecule is Cn1ncc2c(N3CCN([C@@H]4CCOC4=O)CC3)ncnc21. The van der Waals surface area contributed by atoms with Crippen molar-refractivity contribution in [2.75, 3.05) is 37.7 Å². The van der Waals surface area contributed by atoms with Gasteiger partial charge < -0.3 is 9.64 Å². The number of aromatic nitrogens is 4. The van der Waals surface area contributed by atoms with Crippen molar-refractivity contribution >= 4 is 22.8 Å². The monoisotopic (exact) mass is 302 g/mol. The standard InChI is InChI=1S/C14H18N6O2/c1-18-12-10(8-17-18)13(16-9-15-12)20-5-3-19(4-6-20)11-2-7-22-14(11)21/h8-9,11H,2-7H2,1H3/t11-/m1/s1. The highest BCUT2D eigenvalue weighted by Gasteiger charge is 2.34. The molecule has 2 fully saturated rings. The summed E-state index contributed by atoms with van der Waals surface area (Å²) in [6.45, 7) is 3.90. The van der Waals surface area contributed by atoms with Crippen molar-refractivity contribution in [2.24, 2.45) is 7.05 Å². The van der Waals surface area contributed by atoms with Gasteiger partial charge in [0.05, 0.1) is 18.2 Å². The molecule has 0 aromatic carbocycles. The number of cyclic esters (lactones) is 1. The van der Waals surface area contributed by atoms with Crippen LogP contribution in [0.5, 0.6) is 0 Å². The smallest absolute Gasteiger partial charge is 0.323 e. The fourth-order valence-corrected chi connectivity index (χ4v) is 3.26. The van der Waals surface area contributed by atoms with Gasteiger partial charge in [-0.15, -0.1) is 0 Å². The van der Waals surface area contributed by atoms with Crippen LogP contribution in [0.2, 0.25) is 0 Å². The lowest BCUT2D eigenvalue weighted by Crippen LogP contribution is -2.51. The number of carbonyl (C=O) groups is 1. The largest absolute Gasteiger partial charge is 0.464 e. The average molecular weight is 302 g/mol. The Hall–Kier alpha value is -2.22. The van der Waals surface area contributed by atoms with E-state index in [1.54, 1.807) is 11.0 Å². The van der Waals surface area contributed by atoms with Gasteiger partial charge in [-0.25, -0.2) is 9.97 Å². The number of aryl methyl sites for hydroxylation is 1. The van der Waals surface area contributed by atoms with Crippen molar-refractivity contribution in [3.63, 3.8) is 0 Å². The molecule has 2 aromatic rings. The summed E-state index contributed by atoms with van der Waals surface area (Å²) < 4.78 is 6.82. The zero-order valence-corrected chi connectivity index (χ0v) is 12.5. The van der Waals surface area contributed by atoms with E-state index in [2.05, 4.69) is 24.9 Å². The highest BCUT2D eigenvalue weighted by molar-refractivity contribution is 5.86. The number of hydrogen-bond donors (Lipinski definition) is 0. The van der Waals surface area contributed by atoms with Crippen molar-refractivity contribution in [1.82, 2.24) is 24.6 Å². The van der Waals surface area contributed by atoms with Crippen LogP contribution in [0.3, 0.4) is 0 Å². The first kappa shape index (κ1) is 13.4. The fourth-order valence-electron chi connectivity index (χ4n) is 3.26. The summed E-state index contributed by atoms with van der Waals surface area (Å²) in [6.07, 6.45) is 4.20. The van der Waals surface area contributed by atoms with Gasteiger partial charge in [0, 0.05) is 39.6 Å². The molecule has 2 saturated heterocycles. The van der Waals surface area contributed by atoms with E-state index in [4.69, 9.17) is 4.74 Å². The van der Waals surface area contributed by atoms with Gasteiger partial charge in [0.15, 0.2) is 5.65 Å². The zero-order chi connectivity index (χ0) is 15.1. The van der Waals surface area contributed by atoms with E-state index in [1.807, 2.05) is 13.2 Å². The number of rotatable bonds is 2. The number of ether oxygens (including phenoxy) is 1. The minimum absolute atomic E-state index is 0.0639. The Morgan fingerprint density at radius 1 is 1.23 bits per heavy atom. The Labute approximate surface area is 127 Å². The lowest BCUT2D eigenvalue weighted by molar-refractivity contribution is -0.142. The molecule has 2 aliphatic rings. The fraction of sp³-hybridized carbons (Fsp3) is 0.571. The van der Waals surface area contributed by atoms with Gasteiger partial charge in [-0.3, -0.25) is 14.4 Å². The molecule has 8 heteroatoms. The third-order valence-electron chi connectivity index (χ3n) is 4.47. The maximum atomic E-state index is 11.7. The molecule has 0 N–H and O–H groups in total. The summed E-state index contributed by atoms with van der Waals surface area (Å²) >= 11 is 0. The van der Waals surface area contributed by atoms with E-state index >= 15 is 0 Å². The Morgan fingerprint density at radius 2 is 2.05 bits per heavy atom. The number of fused-ring (bicyclic) bond motifs is 1. The molecule has 0 unspecified atom stereocenters. The van der Waals surface area contributed by atoms with E-state index in [-0.39, 0.29) is 12.0 Å². The molecule has 2 aromatic heterocycles. The number of anilines is 1. The van der Waals surface area contributed by atoms with Gasteiger partial charge in [0.1, 0.15) is 18.2 Å². The van der Waals surface area contributed by atoms with E-state index in [0.29, 0.717) is 6.61 Å². The van der Waals surface area contributed by atoms with Gasteiger partial charge in [-0.05, 0) is 0 Å². The predicted molar refractivity (Wildman–Crippen MR) is 79.5 cm³/mol. The molecule has 8 nitrogen and oxygen atoms in total. The molecule has 4 rings (SSSR count). The van der Waals surface area contributed by atoms with Crippen LogP contribution < -0.4 is 4.90 Å². The van der Waals surface area contributed by atoms with Gasteiger partial charge >= 0.3 is 5.97 Å². The normalized spacial score (nSPS) is 23.2. The first-order valence-corrected chi connectivity index (χ1v) is 7.52. The number of hydrogen-bond acceptors (Lipinski definition) is 7. The van der Waals surface area contributed by atoms with Crippen molar-refractivity contribution in [2.45, 2.75) is 12.5 Å². The molecule has 0 aliphatic carbocycles. The maximum Gasteiger partial charge on any atom is 0.323 e. The van der Waals surface area contributed by atoms with Gasteiger partial charge in [-0.2, -0.15) is 5.10 Å². The molecular weight excluding hydrogens is 284 g/mol. The summed E-state index contributed by atoms with van der Waals surface area (Å²) in [4.78, 5) is 24.9. The van der Waals surface area contributed by atoms with E-state index < -0.39 is 0 Å². The molecule has 4 heterocycles. The van der Waals surface area contributed by atoms with Crippen molar-refractivity contribution in [3.8, 4) is 0 Å². The Balaban J connectivity index is 1.52. The number of esters is 1. The topological polar surface area (TPSA) is 76.4 Å². The van der Waals surface area contributed by atoms with Crippen molar-refractivity contribution in [1.29, 1.82) is 0 Å². The van der Waals surface area contributed by atoms with Gasteiger partial charge in [0.2, 0.25) is 0 Å². The highest BCUT2D eigenvalue weighted by Crippen LogP contribution is 2.24. The Bertz CT molecular complexity index is 706. The molecule has 0 radical (unpaired) electrons. The minimum Gasteiger partial charge on any atom is -0.464 e. The van der Waals surface area contributed by atoms with E-state index in [1.165, 1.54) is 0 Å². The molecule has 0 bridgehead atoms. The van der Waals surface area contributed by atoms with Crippen LogP contribution in [0.4, 0.5) is 5.82 Å². The second-order valence-electron chi connectivity index (χ2n) is 5.70. The van der Waals surface area contributed by atoms with Crippen LogP contribution in [0.1, 0.15) is 6.42 Å². The lowest BCUT2D eigenvalue weighted by Gasteiger charge is -2.37. The molecule has 0 amide bonds. The summed E-state index contributed by atoms with van der Waals surface area (Å²) in [5.41, 5.74) is 0.840. The molecular formula is C14H18N6O2. The number of piperazine rings is 1. The average Bonchev–Trinajstić information content (AvgIpc) is 3.14. The summed E-state index contributed by atoms with van der Waals surface area (Å²) in [7, 11) is 1.88. The van der Waals surface area contributed by atoms with Gasteiger partial charge in [-0.1, -0.05) is 0 Å². The summed E-state index contributed by atoms with van der Waals surface area (Å²) in [5.74, 6) is 0.844. The lowest BCUT2D eigenvalue weighted by atomic mass is 10.2. The first-order chi connectivity index (χ1) is 10.7. The molecule has 0 saturated carbocycles.